The van der Waals surface area contributed by atoms with Crippen LogP contribution in [0.25, 0.3) is 0 Å². The fourth-order valence-electron chi connectivity index (χ4n) is 1.05. The number of hydrogen-bond acceptors (Lipinski definition) is 4. The number of nitro benzene ring substituents is 1. The Kier molecular flexibility index (Phi) is 4.34. The topological polar surface area (TPSA) is 78.4 Å². The van der Waals surface area contributed by atoms with Crippen LogP contribution in [0.4, 0.5) is 11.4 Å². The van der Waals surface area contributed by atoms with Gasteiger partial charge in [0.2, 0.25) is 0 Å². The number of nitro groups is 1. The van der Waals surface area contributed by atoms with Gasteiger partial charge in [0.25, 0.3) is 5.69 Å². The molecule has 6 heteroatoms. The molecular weight excluding hydrogens is 248 g/mol. The number of hydrogen-bond donors (Lipinski definition) is 1. The molecule has 0 atom stereocenters. The molecule has 0 aliphatic carbocycles. The molecule has 2 N–H and O–H groups in total. The molecule has 2 radical (unpaired) electrons. The third-order valence-electron chi connectivity index (χ3n) is 3.07. The fourth-order valence-corrected chi connectivity index (χ4v) is 1.80. The number of nitrogens with two attached hydrogens (primary N) is 1. The van der Waals surface area contributed by atoms with E-state index in [1.165, 1.54) is 12.1 Å². The summed E-state index contributed by atoms with van der Waals surface area (Å²) in [6.45, 7) is 8.48. The molecule has 1 aromatic rings. The first-order valence-corrected chi connectivity index (χ1v) is 6.63. The molecule has 18 heavy (non-hydrogen) atoms. The van der Waals surface area contributed by atoms with E-state index in [1.54, 1.807) is 6.07 Å². The molecule has 0 heterocycles. The van der Waals surface area contributed by atoms with Crippen LogP contribution in [0.2, 0.25) is 5.04 Å². The predicted molar refractivity (Wildman–Crippen MR) is 72.8 cm³/mol. The predicted octanol–water partition coefficient (Wildman–Crippen LogP) is 3.03. The maximum Gasteiger partial charge on any atom is 0.317 e. The zero-order valence-electron chi connectivity index (χ0n) is 11.1. The summed E-state index contributed by atoms with van der Waals surface area (Å²) < 4.78 is 5.65. The first-order valence-electron chi connectivity index (χ1n) is 5.72. The number of anilines is 1. The molecule has 0 bridgehead atoms. The third kappa shape index (κ3) is 3.46. The Balaban J connectivity index is 2.81. The Bertz CT molecular complexity index is 447. The van der Waals surface area contributed by atoms with Crippen molar-refractivity contribution in [2.24, 2.45) is 5.92 Å². The van der Waals surface area contributed by atoms with Crippen molar-refractivity contribution in [2.45, 2.75) is 32.7 Å². The zero-order chi connectivity index (χ0) is 13.9. The van der Waals surface area contributed by atoms with E-state index in [4.69, 9.17) is 10.2 Å². The molecule has 0 saturated heterocycles. The Hall–Kier alpha value is -1.56. The van der Waals surface area contributed by atoms with E-state index < -0.39 is 4.92 Å². The summed E-state index contributed by atoms with van der Waals surface area (Å²) in [7, 11) is 0.240. The van der Waals surface area contributed by atoms with E-state index in [1.807, 2.05) is 0 Å². The largest absolute Gasteiger partial charge is 0.540 e. The first-order chi connectivity index (χ1) is 8.24. The van der Waals surface area contributed by atoms with Gasteiger partial charge in [0.05, 0.1) is 11.0 Å². The number of rotatable bonds is 5. The monoisotopic (exact) mass is 266 g/mol. The standard InChI is InChI=1S/C12H18N2O3Si/c1-8(2)12(3,4)18-17-9-5-6-10(13)11(7-9)14(15)16/h5-8H,13H2,1-4H3. The average Bonchev–Trinajstić information content (AvgIpc) is 2.27. The van der Waals surface area contributed by atoms with Gasteiger partial charge in [0.1, 0.15) is 11.4 Å². The highest BCUT2D eigenvalue weighted by Gasteiger charge is 2.26. The molecule has 0 fully saturated rings. The molecule has 0 amide bonds. The van der Waals surface area contributed by atoms with E-state index >= 15 is 0 Å². The lowest BCUT2D eigenvalue weighted by atomic mass is 9.99. The van der Waals surface area contributed by atoms with Crippen LogP contribution in [0.15, 0.2) is 18.2 Å². The molecule has 0 aliphatic rings. The van der Waals surface area contributed by atoms with Crippen LogP contribution in [-0.4, -0.2) is 14.7 Å². The minimum absolute atomic E-state index is 0.0379. The highest BCUT2D eigenvalue weighted by atomic mass is 28.2. The van der Waals surface area contributed by atoms with Crippen molar-refractivity contribution in [3.8, 4) is 5.75 Å². The Morgan fingerprint density at radius 3 is 2.56 bits per heavy atom. The van der Waals surface area contributed by atoms with Gasteiger partial charge in [-0.2, -0.15) is 0 Å². The van der Waals surface area contributed by atoms with Gasteiger partial charge in [-0.3, -0.25) is 10.1 Å². The second-order valence-electron chi connectivity index (χ2n) is 5.06. The molecule has 0 saturated carbocycles. The molecule has 0 unspecified atom stereocenters. The van der Waals surface area contributed by atoms with Crippen molar-refractivity contribution in [2.75, 3.05) is 5.73 Å². The summed E-state index contributed by atoms with van der Waals surface area (Å²) in [4.78, 5) is 10.3. The smallest absolute Gasteiger partial charge is 0.317 e. The van der Waals surface area contributed by atoms with Gasteiger partial charge >= 0.3 is 9.76 Å². The minimum atomic E-state index is -0.501. The second-order valence-corrected chi connectivity index (χ2v) is 6.76. The van der Waals surface area contributed by atoms with Crippen LogP contribution in [0, 0.1) is 16.0 Å². The van der Waals surface area contributed by atoms with E-state index in [9.17, 15) is 10.1 Å². The number of nitrogens with zero attached hydrogens (tertiary/aromatic N) is 1. The van der Waals surface area contributed by atoms with Crippen molar-refractivity contribution in [3.63, 3.8) is 0 Å². The lowest BCUT2D eigenvalue weighted by Crippen LogP contribution is -2.24. The summed E-state index contributed by atoms with van der Waals surface area (Å²) >= 11 is 0. The number of benzene rings is 1. The number of nitrogen functional groups attached to an aromatic ring is 1. The summed E-state index contributed by atoms with van der Waals surface area (Å²) in [5.41, 5.74) is 5.57. The third-order valence-corrected chi connectivity index (χ3v) is 4.52. The van der Waals surface area contributed by atoms with Crippen molar-refractivity contribution in [1.29, 1.82) is 0 Å². The molecule has 1 aromatic carbocycles. The highest BCUT2D eigenvalue weighted by molar-refractivity contribution is 6.33. The van der Waals surface area contributed by atoms with E-state index in [0.717, 1.165) is 0 Å². The molecule has 0 aliphatic heterocycles. The quantitative estimate of drug-likeness (QED) is 0.384. The van der Waals surface area contributed by atoms with Crippen molar-refractivity contribution in [1.82, 2.24) is 0 Å². The van der Waals surface area contributed by atoms with Crippen molar-refractivity contribution >= 4 is 21.1 Å². The van der Waals surface area contributed by atoms with Gasteiger partial charge in [-0.15, -0.1) is 0 Å². The minimum Gasteiger partial charge on any atom is -0.540 e. The maximum atomic E-state index is 10.8. The summed E-state index contributed by atoms with van der Waals surface area (Å²) in [6.07, 6.45) is 0. The average molecular weight is 266 g/mol. The van der Waals surface area contributed by atoms with Crippen LogP contribution in [0.5, 0.6) is 5.75 Å². The molecule has 98 valence electrons. The van der Waals surface area contributed by atoms with Gasteiger partial charge in [-0.1, -0.05) is 27.7 Å². The highest BCUT2D eigenvalue weighted by Crippen LogP contribution is 2.34. The molecular formula is C12H18N2O3Si. The van der Waals surface area contributed by atoms with Crippen molar-refractivity contribution in [3.05, 3.63) is 28.3 Å². The molecule has 1 rings (SSSR count). The van der Waals surface area contributed by atoms with Gasteiger partial charge in [0, 0.05) is 0 Å². The summed E-state index contributed by atoms with van der Waals surface area (Å²) in [5, 5.41) is 10.8. The van der Waals surface area contributed by atoms with E-state index in [2.05, 4.69) is 27.7 Å². The fraction of sp³-hybridized carbons (Fsp3) is 0.500. The Morgan fingerprint density at radius 1 is 1.44 bits per heavy atom. The Labute approximate surface area is 109 Å². The molecule has 0 spiro atoms. The molecule has 5 nitrogen and oxygen atoms in total. The van der Waals surface area contributed by atoms with Crippen LogP contribution >= 0.6 is 0 Å². The lowest BCUT2D eigenvalue weighted by molar-refractivity contribution is -0.383. The first kappa shape index (κ1) is 14.5. The van der Waals surface area contributed by atoms with Crippen LogP contribution in [0.3, 0.4) is 0 Å². The van der Waals surface area contributed by atoms with Gasteiger partial charge < -0.3 is 10.2 Å². The maximum absolute atomic E-state index is 10.8. The van der Waals surface area contributed by atoms with E-state index in [0.29, 0.717) is 11.7 Å². The Morgan fingerprint density at radius 2 is 2.06 bits per heavy atom. The van der Waals surface area contributed by atoms with E-state index in [-0.39, 0.29) is 26.2 Å². The van der Waals surface area contributed by atoms with Crippen LogP contribution < -0.4 is 10.2 Å². The normalized spacial score (nSPS) is 11.6. The second kappa shape index (κ2) is 5.39. The van der Waals surface area contributed by atoms with Crippen LogP contribution in [0.1, 0.15) is 27.7 Å². The van der Waals surface area contributed by atoms with Crippen LogP contribution in [-0.2, 0) is 0 Å². The van der Waals surface area contributed by atoms with Crippen molar-refractivity contribution < 1.29 is 9.35 Å². The van der Waals surface area contributed by atoms with Gasteiger partial charge in [0.15, 0.2) is 0 Å². The SMILES string of the molecule is CC(C)C(C)(C)[Si]Oc1ccc(N)c([N+](=O)[O-])c1. The summed E-state index contributed by atoms with van der Waals surface area (Å²) in [6, 6.07) is 4.53. The van der Waals surface area contributed by atoms with Gasteiger partial charge in [-0.05, 0) is 23.1 Å². The summed E-state index contributed by atoms with van der Waals surface area (Å²) in [5.74, 6) is 0.961. The lowest BCUT2D eigenvalue weighted by Gasteiger charge is -2.26. The zero-order valence-corrected chi connectivity index (χ0v) is 12.1. The van der Waals surface area contributed by atoms with Gasteiger partial charge in [-0.25, -0.2) is 0 Å². The molecule has 0 aromatic heterocycles.